The van der Waals surface area contributed by atoms with E-state index in [-0.39, 0.29) is 11.5 Å². The molecule has 4 saturated carbocycles. The third-order valence-corrected chi connectivity index (χ3v) is 9.42. The fourth-order valence-corrected chi connectivity index (χ4v) is 8.46. The zero-order chi connectivity index (χ0) is 17.3. The Hall–Kier alpha value is -0.370. The van der Waals surface area contributed by atoms with Gasteiger partial charge in [-0.2, -0.15) is 0 Å². The first-order chi connectivity index (χ1) is 11.3. The average molecular weight is 333 g/mol. The lowest BCUT2D eigenvalue weighted by molar-refractivity contribution is -0.139. The highest BCUT2D eigenvalue weighted by atomic mass is 16.3. The minimum absolute atomic E-state index is 0.0536. The molecule has 0 aromatic rings. The summed E-state index contributed by atoms with van der Waals surface area (Å²) >= 11 is 0. The summed E-state index contributed by atoms with van der Waals surface area (Å²) < 4.78 is 0. The van der Waals surface area contributed by atoms with Gasteiger partial charge in [-0.25, -0.2) is 0 Å². The number of hydrogen-bond donors (Lipinski definition) is 1. The van der Waals surface area contributed by atoms with Gasteiger partial charge in [-0.05, 0) is 98.7 Å². The number of carbonyl (C=O) groups is 1. The third-order valence-electron chi connectivity index (χ3n) is 9.42. The number of rotatable bonds is 1. The van der Waals surface area contributed by atoms with Crippen LogP contribution >= 0.6 is 0 Å². The minimum Gasteiger partial charge on any atom is -0.393 e. The second kappa shape index (κ2) is 5.56. The van der Waals surface area contributed by atoms with E-state index in [1.165, 1.54) is 38.5 Å². The number of aliphatic hydroxyl groups excluding tert-OH is 1. The zero-order valence-corrected chi connectivity index (χ0v) is 16.1. The van der Waals surface area contributed by atoms with Crippen molar-refractivity contribution in [3.8, 4) is 0 Å². The molecule has 0 aromatic heterocycles. The quantitative estimate of drug-likeness (QED) is 0.746. The lowest BCUT2D eigenvalue weighted by atomic mass is 9.44. The summed E-state index contributed by atoms with van der Waals surface area (Å²) in [5.74, 6) is 4.44. The molecule has 0 amide bonds. The standard InChI is InChI=1S/C22H36O2/c1-13-11-19-17-6-5-15-12-16(24)7-9-21(15,3)18(17)8-10-22(19,4)20(13)14(2)23/h13,15-20,24H,5-12H2,1-4H3/t13-,15?,16?,17?,18?,19?,20?,21?,22?/m1/s1. The molecule has 0 bridgehead atoms. The Morgan fingerprint density at radius 2 is 1.67 bits per heavy atom. The van der Waals surface area contributed by atoms with Crippen molar-refractivity contribution in [3.05, 3.63) is 0 Å². The maximum atomic E-state index is 12.4. The number of fused-ring (bicyclic) bond motifs is 5. The lowest BCUT2D eigenvalue weighted by Gasteiger charge is -2.60. The number of ketones is 1. The number of hydrogen-bond acceptors (Lipinski definition) is 2. The van der Waals surface area contributed by atoms with Crippen molar-refractivity contribution in [2.75, 3.05) is 0 Å². The Morgan fingerprint density at radius 1 is 0.958 bits per heavy atom. The molecule has 8 unspecified atom stereocenters. The smallest absolute Gasteiger partial charge is 0.133 e. The van der Waals surface area contributed by atoms with Crippen LogP contribution in [0.3, 0.4) is 0 Å². The van der Waals surface area contributed by atoms with E-state index < -0.39 is 0 Å². The largest absolute Gasteiger partial charge is 0.393 e. The van der Waals surface area contributed by atoms with Crippen molar-refractivity contribution in [1.29, 1.82) is 0 Å². The molecule has 0 aromatic carbocycles. The maximum Gasteiger partial charge on any atom is 0.133 e. The second-order valence-corrected chi connectivity index (χ2v) is 10.4. The van der Waals surface area contributed by atoms with Gasteiger partial charge in [0.15, 0.2) is 0 Å². The van der Waals surface area contributed by atoms with E-state index >= 15 is 0 Å². The summed E-state index contributed by atoms with van der Waals surface area (Å²) in [6.07, 6.45) is 9.69. The summed E-state index contributed by atoms with van der Waals surface area (Å²) in [4.78, 5) is 12.4. The zero-order valence-electron chi connectivity index (χ0n) is 16.1. The summed E-state index contributed by atoms with van der Waals surface area (Å²) in [6, 6.07) is 0. The number of aliphatic hydroxyl groups is 1. The Bertz CT molecular complexity index is 528. The summed E-state index contributed by atoms with van der Waals surface area (Å²) in [6.45, 7) is 9.16. The SMILES string of the molecule is CC(=O)C1[C@H](C)CC2C3CCC4CC(O)CCC4(C)C3CCC21C. The highest BCUT2D eigenvalue weighted by molar-refractivity contribution is 5.80. The molecule has 4 aliphatic carbocycles. The van der Waals surface area contributed by atoms with Crippen LogP contribution < -0.4 is 0 Å². The molecule has 9 atom stereocenters. The van der Waals surface area contributed by atoms with Crippen molar-refractivity contribution in [2.45, 2.75) is 85.2 Å². The van der Waals surface area contributed by atoms with E-state index in [9.17, 15) is 9.90 Å². The Balaban J connectivity index is 1.64. The van der Waals surface area contributed by atoms with Crippen LogP contribution in [0.15, 0.2) is 0 Å². The normalized spacial score (nSPS) is 57.0. The van der Waals surface area contributed by atoms with Gasteiger partial charge in [-0.3, -0.25) is 4.79 Å². The van der Waals surface area contributed by atoms with Crippen molar-refractivity contribution >= 4 is 5.78 Å². The van der Waals surface area contributed by atoms with E-state index in [0.29, 0.717) is 23.0 Å². The monoisotopic (exact) mass is 332 g/mol. The Morgan fingerprint density at radius 3 is 2.38 bits per heavy atom. The molecule has 0 saturated heterocycles. The van der Waals surface area contributed by atoms with Crippen LogP contribution in [0, 0.1) is 46.3 Å². The second-order valence-electron chi connectivity index (χ2n) is 10.4. The molecule has 136 valence electrons. The Labute approximate surface area is 147 Å². The molecule has 24 heavy (non-hydrogen) atoms. The van der Waals surface area contributed by atoms with E-state index in [1.54, 1.807) is 0 Å². The van der Waals surface area contributed by atoms with Crippen molar-refractivity contribution in [1.82, 2.24) is 0 Å². The van der Waals surface area contributed by atoms with Crippen LogP contribution in [-0.4, -0.2) is 17.0 Å². The highest BCUT2D eigenvalue weighted by Gasteiger charge is 2.62. The van der Waals surface area contributed by atoms with Crippen LogP contribution in [0.25, 0.3) is 0 Å². The molecule has 0 aliphatic heterocycles. The third kappa shape index (κ3) is 2.20. The molecule has 0 spiro atoms. The minimum atomic E-state index is -0.0536. The molecule has 2 nitrogen and oxygen atoms in total. The molecule has 4 aliphatic rings. The maximum absolute atomic E-state index is 12.4. The molecule has 4 rings (SSSR count). The molecular weight excluding hydrogens is 296 g/mol. The highest BCUT2D eigenvalue weighted by Crippen LogP contribution is 2.68. The molecule has 2 heteroatoms. The van der Waals surface area contributed by atoms with Gasteiger partial charge in [0.25, 0.3) is 0 Å². The topological polar surface area (TPSA) is 37.3 Å². The van der Waals surface area contributed by atoms with Gasteiger partial charge in [0.05, 0.1) is 6.10 Å². The van der Waals surface area contributed by atoms with Crippen LogP contribution in [0.4, 0.5) is 0 Å². The first-order valence-electron chi connectivity index (χ1n) is 10.5. The number of Topliss-reactive ketones (excluding diaryl/α,β-unsaturated/α-hetero) is 1. The summed E-state index contributed by atoms with van der Waals surface area (Å²) in [5, 5.41) is 10.1. The fraction of sp³-hybridized carbons (Fsp3) is 0.955. The van der Waals surface area contributed by atoms with E-state index in [4.69, 9.17) is 0 Å². The molecule has 0 heterocycles. The molecule has 0 radical (unpaired) electrons. The average Bonchev–Trinajstić information content (AvgIpc) is 2.78. The predicted molar refractivity (Wildman–Crippen MR) is 96.5 cm³/mol. The van der Waals surface area contributed by atoms with Gasteiger partial charge >= 0.3 is 0 Å². The number of carbonyl (C=O) groups excluding carboxylic acids is 1. The van der Waals surface area contributed by atoms with Gasteiger partial charge in [0.2, 0.25) is 0 Å². The summed E-state index contributed by atoms with van der Waals surface area (Å²) in [7, 11) is 0. The molecule has 1 N–H and O–H groups in total. The van der Waals surface area contributed by atoms with Crippen LogP contribution in [0.1, 0.15) is 79.1 Å². The summed E-state index contributed by atoms with van der Waals surface area (Å²) in [5.41, 5.74) is 0.699. The van der Waals surface area contributed by atoms with Gasteiger partial charge in [-0.1, -0.05) is 20.8 Å². The van der Waals surface area contributed by atoms with Crippen LogP contribution in [-0.2, 0) is 4.79 Å². The van der Waals surface area contributed by atoms with Gasteiger partial charge in [-0.15, -0.1) is 0 Å². The van der Waals surface area contributed by atoms with Crippen molar-refractivity contribution < 1.29 is 9.90 Å². The van der Waals surface area contributed by atoms with Crippen LogP contribution in [0.2, 0.25) is 0 Å². The van der Waals surface area contributed by atoms with Gasteiger partial charge < -0.3 is 5.11 Å². The van der Waals surface area contributed by atoms with Gasteiger partial charge in [0, 0.05) is 5.92 Å². The van der Waals surface area contributed by atoms with Crippen molar-refractivity contribution in [2.24, 2.45) is 46.3 Å². The van der Waals surface area contributed by atoms with Crippen molar-refractivity contribution in [3.63, 3.8) is 0 Å². The first-order valence-corrected chi connectivity index (χ1v) is 10.5. The van der Waals surface area contributed by atoms with Gasteiger partial charge in [0.1, 0.15) is 5.78 Å². The molecule has 4 fully saturated rings. The molecular formula is C22H36O2. The van der Waals surface area contributed by atoms with E-state index in [1.807, 2.05) is 6.92 Å². The predicted octanol–water partition coefficient (Wildman–Crippen LogP) is 4.84. The fourth-order valence-electron chi connectivity index (χ4n) is 8.46. The lowest BCUT2D eigenvalue weighted by Crippen LogP contribution is -2.54. The van der Waals surface area contributed by atoms with Crippen LogP contribution in [0.5, 0.6) is 0 Å². The van der Waals surface area contributed by atoms with E-state index in [0.717, 1.165) is 36.5 Å². The first kappa shape index (κ1) is 17.1. The van der Waals surface area contributed by atoms with E-state index in [2.05, 4.69) is 20.8 Å². The Kier molecular flexibility index (Phi) is 3.95.